The number of anilines is 1. The van der Waals surface area contributed by atoms with Crippen molar-refractivity contribution in [2.24, 2.45) is 11.5 Å². The molecule has 1 aromatic rings. The maximum Gasteiger partial charge on any atom is 0.255 e. The molecule has 1 heterocycles. The molecule has 0 aliphatic rings. The van der Waals surface area contributed by atoms with Gasteiger partial charge < -0.3 is 21.9 Å². The summed E-state index contributed by atoms with van der Waals surface area (Å²) in [5.41, 5.74) is 16.9. The second kappa shape index (κ2) is 5.24. The zero-order valence-corrected chi connectivity index (χ0v) is 9.72. The summed E-state index contributed by atoms with van der Waals surface area (Å²) in [5, 5.41) is 3.64. The molecule has 0 radical (unpaired) electrons. The van der Waals surface area contributed by atoms with Crippen LogP contribution in [0, 0.1) is 5.95 Å². The Hall–Kier alpha value is -2.18. The maximum atomic E-state index is 13.1. The van der Waals surface area contributed by atoms with Gasteiger partial charge in [0.15, 0.2) is 5.88 Å². The average Bonchev–Trinajstić information content (AvgIpc) is 2.65. The molecule has 0 amide bonds. The summed E-state index contributed by atoms with van der Waals surface area (Å²) >= 11 is 0. The first-order valence-electron chi connectivity index (χ1n) is 4.93. The Balaban J connectivity index is 3.12. The molecule has 6 N–H and O–H groups in total. The van der Waals surface area contributed by atoms with Gasteiger partial charge in [0.1, 0.15) is 5.69 Å². The first-order chi connectivity index (χ1) is 8.01. The number of nitrogens with zero attached hydrogens (tertiary/aromatic N) is 2. The third-order valence-electron chi connectivity index (χ3n) is 2.34. The van der Waals surface area contributed by atoms with E-state index in [9.17, 15) is 4.39 Å². The second-order valence-electron chi connectivity index (χ2n) is 3.41. The van der Waals surface area contributed by atoms with Crippen molar-refractivity contribution in [2.45, 2.75) is 13.0 Å². The fourth-order valence-corrected chi connectivity index (χ4v) is 1.37. The van der Waals surface area contributed by atoms with Gasteiger partial charge in [0.05, 0.1) is 19.3 Å². The van der Waals surface area contributed by atoms with Crippen LogP contribution in [0.3, 0.4) is 0 Å². The number of hydrogen-bond acceptors (Lipinski definition) is 5. The van der Waals surface area contributed by atoms with Crippen molar-refractivity contribution < 1.29 is 9.13 Å². The fraction of sp³-hybridized carbons (Fsp3) is 0.300. The number of hydrogen-bond donors (Lipinski definition) is 3. The summed E-state index contributed by atoms with van der Waals surface area (Å²) in [6.45, 7) is 1.77. The highest BCUT2D eigenvalue weighted by Gasteiger charge is 2.16. The first kappa shape index (κ1) is 12.9. The highest BCUT2D eigenvalue weighted by atomic mass is 19.1. The van der Waals surface area contributed by atoms with Gasteiger partial charge in [-0.1, -0.05) is 0 Å². The highest BCUT2D eigenvalue weighted by Crippen LogP contribution is 2.21. The third kappa shape index (κ3) is 2.68. The SMILES string of the molecule is CO/C(N)=C(/C=C\N)C(C)n1cc(N)c(F)n1. The smallest absolute Gasteiger partial charge is 0.255 e. The zero-order valence-electron chi connectivity index (χ0n) is 9.72. The number of nitrogens with two attached hydrogens (primary N) is 3. The van der Waals surface area contributed by atoms with Crippen molar-refractivity contribution in [1.82, 2.24) is 9.78 Å². The average molecular weight is 241 g/mol. The first-order valence-corrected chi connectivity index (χ1v) is 4.93. The van der Waals surface area contributed by atoms with Crippen LogP contribution in [0.4, 0.5) is 10.1 Å². The summed E-state index contributed by atoms with van der Waals surface area (Å²) in [6, 6.07) is -0.346. The minimum absolute atomic E-state index is 0.0242. The minimum Gasteiger partial charge on any atom is -0.482 e. The lowest BCUT2D eigenvalue weighted by Gasteiger charge is -2.15. The topological polar surface area (TPSA) is 105 Å². The number of methoxy groups -OCH3 is 1. The molecule has 6 nitrogen and oxygen atoms in total. The van der Waals surface area contributed by atoms with Crippen LogP contribution in [0.25, 0.3) is 0 Å². The van der Waals surface area contributed by atoms with Crippen molar-refractivity contribution in [1.29, 1.82) is 0 Å². The summed E-state index contributed by atoms with van der Waals surface area (Å²) in [7, 11) is 1.43. The van der Waals surface area contributed by atoms with Crippen LogP contribution >= 0.6 is 0 Å². The molecule has 0 aliphatic heterocycles. The molecule has 0 fully saturated rings. The van der Waals surface area contributed by atoms with Crippen LogP contribution in [0.15, 0.2) is 29.9 Å². The number of rotatable bonds is 4. The maximum absolute atomic E-state index is 13.1. The van der Waals surface area contributed by atoms with E-state index in [4.69, 9.17) is 21.9 Å². The van der Waals surface area contributed by atoms with Gasteiger partial charge in [-0.05, 0) is 19.2 Å². The lowest BCUT2D eigenvalue weighted by Crippen LogP contribution is -2.14. The molecule has 0 saturated carbocycles. The van der Waals surface area contributed by atoms with E-state index in [1.165, 1.54) is 24.2 Å². The van der Waals surface area contributed by atoms with Crippen molar-refractivity contribution in [2.75, 3.05) is 12.8 Å². The zero-order chi connectivity index (χ0) is 13.0. The molecule has 0 saturated heterocycles. The highest BCUT2D eigenvalue weighted by molar-refractivity contribution is 5.34. The number of allylic oxidation sites excluding steroid dienone is 2. The molecule has 94 valence electrons. The molecular weight excluding hydrogens is 225 g/mol. The van der Waals surface area contributed by atoms with Gasteiger partial charge in [0.2, 0.25) is 0 Å². The fourth-order valence-electron chi connectivity index (χ4n) is 1.37. The standard InChI is InChI=1S/C10H16FN5O/c1-6(7(3-4-12)10(14)17-2)16-5-8(13)9(11)15-16/h3-6H,12-14H2,1-2H3/b4-3-,10-7-. The molecule has 0 aromatic carbocycles. The summed E-state index contributed by atoms with van der Waals surface area (Å²) in [5.74, 6) is -0.530. The molecule has 1 atom stereocenters. The van der Waals surface area contributed by atoms with Crippen LogP contribution in [0.2, 0.25) is 0 Å². The minimum atomic E-state index is -0.719. The molecular formula is C10H16FN5O. The van der Waals surface area contributed by atoms with Gasteiger partial charge in [0.25, 0.3) is 5.95 Å². The van der Waals surface area contributed by atoms with Gasteiger partial charge in [-0.15, -0.1) is 5.10 Å². The van der Waals surface area contributed by atoms with E-state index in [2.05, 4.69) is 5.10 Å². The largest absolute Gasteiger partial charge is 0.482 e. The quantitative estimate of drug-likeness (QED) is 0.524. The Kier molecular flexibility index (Phi) is 3.97. The number of halogens is 1. The molecule has 17 heavy (non-hydrogen) atoms. The van der Waals surface area contributed by atoms with E-state index < -0.39 is 5.95 Å². The molecule has 1 unspecified atom stereocenters. The normalized spacial score (nSPS) is 14.8. The monoisotopic (exact) mass is 241 g/mol. The molecule has 7 heteroatoms. The Morgan fingerprint density at radius 1 is 1.65 bits per heavy atom. The van der Waals surface area contributed by atoms with Gasteiger partial charge in [-0.2, -0.15) is 4.39 Å². The van der Waals surface area contributed by atoms with Crippen molar-refractivity contribution >= 4 is 5.69 Å². The number of ether oxygens (including phenoxy) is 1. The Morgan fingerprint density at radius 3 is 2.71 bits per heavy atom. The molecule has 0 aliphatic carbocycles. The molecule has 1 rings (SSSR count). The van der Waals surface area contributed by atoms with Crippen molar-refractivity contribution in [3.63, 3.8) is 0 Å². The Labute approximate surface area is 98.5 Å². The number of aromatic nitrogens is 2. The third-order valence-corrected chi connectivity index (χ3v) is 2.34. The van der Waals surface area contributed by atoms with Crippen LogP contribution in [-0.4, -0.2) is 16.9 Å². The lowest BCUT2D eigenvalue weighted by molar-refractivity contribution is 0.278. The Morgan fingerprint density at radius 2 is 2.29 bits per heavy atom. The van der Waals surface area contributed by atoms with E-state index in [1.807, 2.05) is 0 Å². The van der Waals surface area contributed by atoms with E-state index >= 15 is 0 Å². The van der Waals surface area contributed by atoms with E-state index in [1.54, 1.807) is 13.0 Å². The summed E-state index contributed by atoms with van der Waals surface area (Å²) in [4.78, 5) is 0. The van der Waals surface area contributed by atoms with Crippen LogP contribution in [0.5, 0.6) is 0 Å². The summed E-state index contributed by atoms with van der Waals surface area (Å²) < 4.78 is 19.3. The van der Waals surface area contributed by atoms with E-state index in [0.29, 0.717) is 5.57 Å². The molecule has 0 spiro atoms. The van der Waals surface area contributed by atoms with Crippen molar-refractivity contribution in [3.8, 4) is 0 Å². The van der Waals surface area contributed by atoms with Gasteiger partial charge >= 0.3 is 0 Å². The number of nitrogen functional groups attached to an aromatic ring is 1. The van der Waals surface area contributed by atoms with E-state index in [0.717, 1.165) is 0 Å². The van der Waals surface area contributed by atoms with Gasteiger partial charge in [-0.25, -0.2) is 0 Å². The molecule has 1 aromatic heterocycles. The van der Waals surface area contributed by atoms with Crippen LogP contribution in [-0.2, 0) is 4.74 Å². The van der Waals surface area contributed by atoms with Crippen LogP contribution < -0.4 is 17.2 Å². The second-order valence-corrected chi connectivity index (χ2v) is 3.41. The van der Waals surface area contributed by atoms with Crippen molar-refractivity contribution in [3.05, 3.63) is 35.9 Å². The lowest BCUT2D eigenvalue weighted by atomic mass is 10.1. The predicted molar refractivity (Wildman–Crippen MR) is 62.9 cm³/mol. The Bertz CT molecular complexity index is 432. The molecule has 0 bridgehead atoms. The summed E-state index contributed by atoms with van der Waals surface area (Å²) in [6.07, 6.45) is 4.27. The van der Waals surface area contributed by atoms with Gasteiger partial charge in [-0.3, -0.25) is 4.68 Å². The predicted octanol–water partition coefficient (Wildman–Crippen LogP) is 0.454. The van der Waals surface area contributed by atoms with Crippen LogP contribution in [0.1, 0.15) is 13.0 Å². The van der Waals surface area contributed by atoms with E-state index in [-0.39, 0.29) is 17.6 Å². The van der Waals surface area contributed by atoms with Gasteiger partial charge in [0, 0.05) is 5.57 Å².